The highest BCUT2D eigenvalue weighted by atomic mass is 16.6. The quantitative estimate of drug-likeness (QED) is 0.478. The lowest BCUT2D eigenvalue weighted by Crippen LogP contribution is -2.49. The van der Waals surface area contributed by atoms with Crippen LogP contribution in [0.1, 0.15) is 23.2 Å². The molecule has 0 spiro atoms. The van der Waals surface area contributed by atoms with Crippen molar-refractivity contribution in [1.29, 1.82) is 0 Å². The third-order valence-corrected chi connectivity index (χ3v) is 5.92. The first kappa shape index (κ1) is 23.7. The van der Waals surface area contributed by atoms with E-state index in [1.807, 2.05) is 48.7 Å². The molecule has 0 aliphatic carbocycles. The smallest absolute Gasteiger partial charge is 0.415 e. The molecule has 1 aliphatic heterocycles. The normalized spacial score (nSPS) is 14.1. The summed E-state index contributed by atoms with van der Waals surface area (Å²) in [6.07, 6.45) is 6.16. The number of benzene rings is 1. The lowest BCUT2D eigenvalue weighted by atomic mass is 10.1. The van der Waals surface area contributed by atoms with Gasteiger partial charge in [-0.25, -0.2) is 9.78 Å². The summed E-state index contributed by atoms with van der Waals surface area (Å²) in [6, 6.07) is 17.4. The molecule has 3 aromatic rings. The minimum Gasteiger partial charge on any atom is -0.477 e. The third kappa shape index (κ3) is 7.28. The van der Waals surface area contributed by atoms with Crippen LogP contribution in [0, 0.1) is 6.92 Å². The van der Waals surface area contributed by atoms with Gasteiger partial charge >= 0.3 is 6.09 Å². The van der Waals surface area contributed by atoms with Crippen molar-refractivity contribution < 1.29 is 14.3 Å². The van der Waals surface area contributed by atoms with Gasteiger partial charge in [-0.05, 0) is 61.7 Å². The summed E-state index contributed by atoms with van der Waals surface area (Å²) in [5.74, 6) is 1.18. The Kier molecular flexibility index (Phi) is 8.46. The van der Waals surface area contributed by atoms with Crippen molar-refractivity contribution in [2.75, 3.05) is 39.3 Å². The summed E-state index contributed by atoms with van der Waals surface area (Å²) in [5, 5.41) is 0. The maximum atomic E-state index is 12.6. The molecule has 0 unspecified atom stereocenters. The molecule has 0 bridgehead atoms. The number of carbonyl (C=O) groups excluding carboxylic acids is 1. The lowest BCUT2D eigenvalue weighted by Gasteiger charge is -2.34. The Morgan fingerprint density at radius 2 is 1.76 bits per heavy atom. The van der Waals surface area contributed by atoms with Crippen molar-refractivity contribution in [2.24, 2.45) is 0 Å². The van der Waals surface area contributed by atoms with Crippen LogP contribution in [0.5, 0.6) is 11.6 Å². The molecule has 7 heteroatoms. The van der Waals surface area contributed by atoms with Gasteiger partial charge in [-0.2, -0.15) is 0 Å². The number of carbonyl (C=O) groups is 1. The van der Waals surface area contributed by atoms with Crippen molar-refractivity contribution >= 4 is 6.09 Å². The molecule has 1 amide bonds. The van der Waals surface area contributed by atoms with E-state index in [0.29, 0.717) is 31.3 Å². The van der Waals surface area contributed by atoms with E-state index >= 15 is 0 Å². The summed E-state index contributed by atoms with van der Waals surface area (Å²) in [4.78, 5) is 25.4. The van der Waals surface area contributed by atoms with Gasteiger partial charge in [0.25, 0.3) is 0 Å². The van der Waals surface area contributed by atoms with Gasteiger partial charge in [-0.3, -0.25) is 9.88 Å². The molecule has 2 aromatic heterocycles. The molecule has 0 radical (unpaired) electrons. The summed E-state index contributed by atoms with van der Waals surface area (Å²) in [6.45, 7) is 6.72. The van der Waals surface area contributed by atoms with Gasteiger partial charge < -0.3 is 14.4 Å². The first-order valence-corrected chi connectivity index (χ1v) is 11.9. The summed E-state index contributed by atoms with van der Waals surface area (Å²) in [7, 11) is 0. The van der Waals surface area contributed by atoms with Gasteiger partial charge in [-0.15, -0.1) is 0 Å². The zero-order valence-corrected chi connectivity index (χ0v) is 19.7. The van der Waals surface area contributed by atoms with E-state index in [1.165, 1.54) is 5.56 Å². The molecule has 178 valence electrons. The largest absolute Gasteiger partial charge is 0.477 e. The highest BCUT2D eigenvalue weighted by Gasteiger charge is 2.22. The second-order valence-corrected chi connectivity index (χ2v) is 8.54. The zero-order chi connectivity index (χ0) is 23.6. The topological polar surface area (TPSA) is 67.8 Å². The lowest BCUT2D eigenvalue weighted by molar-refractivity contribution is 0.110. The molecule has 1 fully saturated rings. The molecule has 0 saturated carbocycles. The Labute approximate surface area is 201 Å². The number of aromatic nitrogens is 2. The molecule has 34 heavy (non-hydrogen) atoms. The predicted octanol–water partition coefficient (Wildman–Crippen LogP) is 4.16. The van der Waals surface area contributed by atoms with Gasteiger partial charge in [0.1, 0.15) is 5.75 Å². The molecule has 0 atom stereocenters. The highest BCUT2D eigenvalue weighted by molar-refractivity contribution is 5.70. The monoisotopic (exact) mass is 460 g/mol. The molecule has 4 rings (SSSR count). The van der Waals surface area contributed by atoms with Crippen molar-refractivity contribution in [3.05, 3.63) is 83.8 Å². The van der Waals surface area contributed by atoms with Crippen LogP contribution in [-0.2, 0) is 12.8 Å². The Morgan fingerprint density at radius 1 is 0.941 bits per heavy atom. The number of aryl methyl sites for hydroxylation is 2. The first-order chi connectivity index (χ1) is 16.7. The van der Waals surface area contributed by atoms with E-state index in [9.17, 15) is 4.79 Å². The Bertz CT molecular complexity index is 1020. The van der Waals surface area contributed by atoms with E-state index < -0.39 is 0 Å². The number of ether oxygens (including phenoxy) is 2. The van der Waals surface area contributed by atoms with Crippen molar-refractivity contribution in [3.8, 4) is 11.6 Å². The van der Waals surface area contributed by atoms with E-state index in [2.05, 4.69) is 33.9 Å². The van der Waals surface area contributed by atoms with Crippen LogP contribution in [0.3, 0.4) is 0 Å². The number of piperazine rings is 1. The molecule has 7 nitrogen and oxygen atoms in total. The fraction of sp³-hybridized carbons (Fsp3) is 0.370. The van der Waals surface area contributed by atoms with Crippen LogP contribution < -0.4 is 9.47 Å². The molecule has 0 N–H and O–H groups in total. The molecule has 1 aromatic carbocycles. The van der Waals surface area contributed by atoms with Crippen LogP contribution in [0.25, 0.3) is 0 Å². The maximum absolute atomic E-state index is 12.6. The van der Waals surface area contributed by atoms with Crippen molar-refractivity contribution in [1.82, 2.24) is 19.8 Å². The predicted molar refractivity (Wildman–Crippen MR) is 131 cm³/mol. The van der Waals surface area contributed by atoms with E-state index in [4.69, 9.17) is 9.47 Å². The van der Waals surface area contributed by atoms with Crippen molar-refractivity contribution in [3.63, 3.8) is 0 Å². The first-order valence-electron chi connectivity index (χ1n) is 11.9. The Balaban J connectivity index is 1.13. The zero-order valence-electron chi connectivity index (χ0n) is 19.7. The average Bonchev–Trinajstić information content (AvgIpc) is 2.87. The molecular weight excluding hydrogens is 428 g/mol. The van der Waals surface area contributed by atoms with E-state index in [-0.39, 0.29) is 6.09 Å². The van der Waals surface area contributed by atoms with E-state index in [0.717, 1.165) is 50.2 Å². The van der Waals surface area contributed by atoms with Crippen LogP contribution in [-0.4, -0.2) is 65.2 Å². The van der Waals surface area contributed by atoms with Gasteiger partial charge in [0.05, 0.1) is 6.61 Å². The van der Waals surface area contributed by atoms with E-state index in [1.54, 1.807) is 11.1 Å². The fourth-order valence-corrected chi connectivity index (χ4v) is 3.88. The number of nitrogens with zero attached hydrogens (tertiary/aromatic N) is 4. The number of rotatable bonds is 9. The van der Waals surface area contributed by atoms with Crippen molar-refractivity contribution in [2.45, 2.75) is 26.2 Å². The minimum atomic E-state index is -0.283. The number of hydrogen-bond donors (Lipinski definition) is 0. The second kappa shape index (κ2) is 12.1. The number of hydrogen-bond acceptors (Lipinski definition) is 6. The summed E-state index contributed by atoms with van der Waals surface area (Å²) < 4.78 is 11.2. The summed E-state index contributed by atoms with van der Waals surface area (Å²) >= 11 is 0. The van der Waals surface area contributed by atoms with Crippen LogP contribution >= 0.6 is 0 Å². The maximum Gasteiger partial charge on any atom is 0.415 e. The average molecular weight is 461 g/mol. The van der Waals surface area contributed by atoms with Gasteiger partial charge in [0, 0.05) is 56.8 Å². The minimum absolute atomic E-state index is 0.283. The Morgan fingerprint density at radius 3 is 2.47 bits per heavy atom. The second-order valence-electron chi connectivity index (χ2n) is 8.54. The third-order valence-electron chi connectivity index (χ3n) is 5.92. The fourth-order valence-electron chi connectivity index (χ4n) is 3.88. The molecule has 3 heterocycles. The number of pyridine rings is 2. The molecule has 1 saturated heterocycles. The molecule has 1 aliphatic rings. The highest BCUT2D eigenvalue weighted by Crippen LogP contribution is 2.15. The van der Waals surface area contributed by atoms with Gasteiger partial charge in [0.15, 0.2) is 0 Å². The SMILES string of the molecule is Cc1ccc(CCCN2CCN(C(=O)Oc3ccc(CCOc4ccccn4)cc3)CC2)nc1. The van der Waals surface area contributed by atoms with Gasteiger partial charge in [-0.1, -0.05) is 24.3 Å². The van der Waals surface area contributed by atoms with Crippen LogP contribution in [0.2, 0.25) is 0 Å². The van der Waals surface area contributed by atoms with Gasteiger partial charge in [0.2, 0.25) is 5.88 Å². The Hall–Kier alpha value is -3.45. The molecular formula is C27H32N4O3. The van der Waals surface area contributed by atoms with Crippen LogP contribution in [0.4, 0.5) is 4.79 Å². The standard InChI is InChI=1S/C27H32N4O3/c1-22-7-10-24(29-21-22)5-4-15-30-16-18-31(19-17-30)27(32)34-25-11-8-23(9-12-25)13-20-33-26-6-2-3-14-28-26/h2-3,6-12,14,21H,4-5,13,15-20H2,1H3. The summed E-state index contributed by atoms with van der Waals surface area (Å²) in [5.41, 5.74) is 3.44. The van der Waals surface area contributed by atoms with Crippen LogP contribution in [0.15, 0.2) is 67.0 Å². The number of amides is 1.